The van der Waals surface area contributed by atoms with Crippen LogP contribution < -0.4 is 5.32 Å². The van der Waals surface area contributed by atoms with E-state index in [0.717, 1.165) is 29.8 Å². The Morgan fingerprint density at radius 1 is 1.32 bits per heavy atom. The van der Waals surface area contributed by atoms with E-state index in [1.54, 1.807) is 17.4 Å². The van der Waals surface area contributed by atoms with E-state index in [9.17, 15) is 14.7 Å². The summed E-state index contributed by atoms with van der Waals surface area (Å²) in [5.41, 5.74) is -0.181. The van der Waals surface area contributed by atoms with E-state index < -0.39 is 17.4 Å². The Hall–Kier alpha value is -2.15. The van der Waals surface area contributed by atoms with Crippen molar-refractivity contribution in [2.24, 2.45) is 0 Å². The van der Waals surface area contributed by atoms with E-state index in [0.29, 0.717) is 12.8 Å². The number of aromatic amines is 1. The van der Waals surface area contributed by atoms with Gasteiger partial charge in [-0.15, -0.1) is 11.3 Å². The fraction of sp³-hybridized carbons (Fsp3) is 0.400. The minimum atomic E-state index is -1.16. The number of carboxylic acid groups (broad SMARTS) is 1. The molecule has 2 aromatic heterocycles. The molecule has 1 saturated carbocycles. The van der Waals surface area contributed by atoms with Crippen molar-refractivity contribution in [3.05, 3.63) is 29.3 Å². The number of thiophene rings is 1. The highest BCUT2D eigenvalue weighted by Crippen LogP contribution is 2.29. The number of nitrogens with one attached hydrogen (secondary N) is 2. The zero-order valence-electron chi connectivity index (χ0n) is 12.0. The Labute approximate surface area is 131 Å². The van der Waals surface area contributed by atoms with E-state index in [1.165, 1.54) is 0 Å². The Bertz CT molecular complexity index is 672. The first-order valence-corrected chi connectivity index (χ1v) is 8.14. The van der Waals surface area contributed by atoms with Gasteiger partial charge in [0.15, 0.2) is 5.69 Å². The molecule has 3 rings (SSSR count). The topological polar surface area (TPSA) is 95.1 Å². The van der Waals surface area contributed by atoms with Crippen LogP contribution in [0.15, 0.2) is 23.6 Å². The van der Waals surface area contributed by atoms with Gasteiger partial charge in [-0.05, 0) is 30.4 Å². The van der Waals surface area contributed by atoms with Gasteiger partial charge in [0.05, 0.1) is 10.6 Å². The minimum Gasteiger partial charge on any atom is -0.480 e. The molecule has 0 unspecified atom stereocenters. The Morgan fingerprint density at radius 3 is 2.73 bits per heavy atom. The van der Waals surface area contributed by atoms with Gasteiger partial charge < -0.3 is 10.4 Å². The van der Waals surface area contributed by atoms with Crippen LogP contribution >= 0.6 is 11.3 Å². The lowest BCUT2D eigenvalue weighted by molar-refractivity contribution is -0.145. The van der Waals surface area contributed by atoms with Crippen LogP contribution in [0.2, 0.25) is 0 Å². The first kappa shape index (κ1) is 14.8. The molecule has 0 atom stereocenters. The maximum absolute atomic E-state index is 12.4. The number of aliphatic carboxylic acids is 1. The number of nitrogens with zero attached hydrogens (tertiary/aromatic N) is 1. The van der Waals surface area contributed by atoms with E-state index in [2.05, 4.69) is 15.5 Å². The summed E-state index contributed by atoms with van der Waals surface area (Å²) in [5.74, 6) is -1.40. The molecule has 1 fully saturated rings. The molecule has 22 heavy (non-hydrogen) atoms. The molecule has 1 amide bonds. The SMILES string of the molecule is O=C(NC1(C(=O)O)CCCCC1)c1cc(-c2cccs2)[nH]n1. The quantitative estimate of drug-likeness (QED) is 0.807. The van der Waals surface area contributed by atoms with Gasteiger partial charge in [-0.25, -0.2) is 4.79 Å². The van der Waals surface area contributed by atoms with E-state index in [4.69, 9.17) is 0 Å². The molecule has 2 aromatic rings. The number of rotatable bonds is 4. The highest BCUT2D eigenvalue weighted by Gasteiger charge is 2.41. The van der Waals surface area contributed by atoms with Crippen LogP contribution in [0.4, 0.5) is 0 Å². The molecule has 3 N–H and O–H groups in total. The molecule has 1 aliphatic rings. The molecule has 2 heterocycles. The number of hydrogen-bond donors (Lipinski definition) is 3. The predicted octanol–water partition coefficient (Wildman–Crippen LogP) is 2.66. The summed E-state index contributed by atoms with van der Waals surface area (Å²) in [7, 11) is 0. The molecule has 1 aliphatic carbocycles. The normalized spacial score (nSPS) is 17.1. The number of carbonyl (C=O) groups is 2. The monoisotopic (exact) mass is 319 g/mol. The van der Waals surface area contributed by atoms with E-state index in [-0.39, 0.29) is 5.69 Å². The molecular weight excluding hydrogens is 302 g/mol. The summed E-state index contributed by atoms with van der Waals surface area (Å²) in [6, 6.07) is 5.50. The van der Waals surface area contributed by atoms with Crippen molar-refractivity contribution < 1.29 is 14.7 Å². The number of carbonyl (C=O) groups excluding carboxylic acids is 1. The standard InChI is InChI=1S/C15H17N3O3S/c19-13(16-15(14(20)21)6-2-1-3-7-15)11-9-10(17-18-11)12-5-4-8-22-12/h4-5,8-9H,1-3,6-7H2,(H,16,19)(H,17,18)(H,20,21). The summed E-state index contributed by atoms with van der Waals surface area (Å²) in [4.78, 5) is 24.9. The Kier molecular flexibility index (Phi) is 3.98. The van der Waals surface area contributed by atoms with Gasteiger partial charge in [0.1, 0.15) is 5.54 Å². The van der Waals surface area contributed by atoms with Crippen LogP contribution in [0.25, 0.3) is 10.6 Å². The predicted molar refractivity (Wildman–Crippen MR) is 82.8 cm³/mol. The molecule has 6 nitrogen and oxygen atoms in total. The lowest BCUT2D eigenvalue weighted by Crippen LogP contribution is -2.55. The maximum atomic E-state index is 12.4. The van der Waals surface area contributed by atoms with Crippen molar-refractivity contribution >= 4 is 23.2 Å². The van der Waals surface area contributed by atoms with Crippen molar-refractivity contribution in [2.45, 2.75) is 37.6 Å². The van der Waals surface area contributed by atoms with Crippen LogP contribution in [0.3, 0.4) is 0 Å². The van der Waals surface area contributed by atoms with Gasteiger partial charge in [-0.2, -0.15) is 5.10 Å². The molecular formula is C15H17N3O3S. The third-order valence-corrected chi connectivity index (χ3v) is 4.97. The molecule has 0 radical (unpaired) electrons. The Morgan fingerprint density at radius 2 is 2.09 bits per heavy atom. The van der Waals surface area contributed by atoms with Gasteiger partial charge in [0.25, 0.3) is 5.91 Å². The second-order valence-electron chi connectivity index (χ2n) is 5.55. The molecule has 0 aromatic carbocycles. The van der Waals surface area contributed by atoms with E-state index in [1.807, 2.05) is 17.5 Å². The summed E-state index contributed by atoms with van der Waals surface area (Å²) >= 11 is 1.54. The van der Waals surface area contributed by atoms with Gasteiger partial charge in [0, 0.05) is 0 Å². The smallest absolute Gasteiger partial charge is 0.329 e. The number of aromatic nitrogens is 2. The molecule has 0 spiro atoms. The number of H-pyrrole nitrogens is 1. The van der Waals surface area contributed by atoms with Crippen LogP contribution in [-0.2, 0) is 4.79 Å². The molecule has 0 saturated heterocycles. The van der Waals surface area contributed by atoms with Crippen molar-refractivity contribution in [1.82, 2.24) is 15.5 Å². The lowest BCUT2D eigenvalue weighted by Gasteiger charge is -2.33. The first-order valence-electron chi connectivity index (χ1n) is 7.26. The van der Waals surface area contributed by atoms with Gasteiger partial charge in [0.2, 0.25) is 0 Å². The summed E-state index contributed by atoms with van der Waals surface area (Å²) in [6.07, 6.45) is 3.57. The molecule has 0 aliphatic heterocycles. The first-order chi connectivity index (χ1) is 10.6. The molecule has 7 heteroatoms. The van der Waals surface area contributed by atoms with Crippen molar-refractivity contribution in [2.75, 3.05) is 0 Å². The third-order valence-electron chi connectivity index (χ3n) is 4.07. The fourth-order valence-corrected chi connectivity index (χ4v) is 3.52. The van der Waals surface area contributed by atoms with E-state index >= 15 is 0 Å². The Balaban J connectivity index is 1.77. The maximum Gasteiger partial charge on any atom is 0.329 e. The van der Waals surface area contributed by atoms with Crippen LogP contribution in [0.1, 0.15) is 42.6 Å². The summed E-state index contributed by atoms with van der Waals surface area (Å²) < 4.78 is 0. The zero-order valence-corrected chi connectivity index (χ0v) is 12.8. The van der Waals surface area contributed by atoms with Crippen LogP contribution in [-0.4, -0.2) is 32.7 Å². The number of hydrogen-bond acceptors (Lipinski definition) is 4. The summed E-state index contributed by atoms with van der Waals surface area (Å²) in [5, 5.41) is 21.0. The van der Waals surface area contributed by atoms with Crippen LogP contribution in [0.5, 0.6) is 0 Å². The van der Waals surface area contributed by atoms with Crippen molar-refractivity contribution in [1.29, 1.82) is 0 Å². The summed E-state index contributed by atoms with van der Waals surface area (Å²) in [6.45, 7) is 0. The zero-order chi connectivity index (χ0) is 15.6. The third kappa shape index (κ3) is 2.76. The average molecular weight is 319 g/mol. The largest absolute Gasteiger partial charge is 0.480 e. The van der Waals surface area contributed by atoms with Gasteiger partial charge in [-0.3, -0.25) is 9.89 Å². The average Bonchev–Trinajstić information content (AvgIpc) is 3.19. The molecule has 0 bridgehead atoms. The number of carboxylic acids is 1. The highest BCUT2D eigenvalue weighted by molar-refractivity contribution is 7.13. The second kappa shape index (κ2) is 5.92. The fourth-order valence-electron chi connectivity index (χ4n) is 2.83. The number of amides is 1. The second-order valence-corrected chi connectivity index (χ2v) is 6.49. The van der Waals surface area contributed by atoms with Crippen LogP contribution in [0, 0.1) is 0 Å². The minimum absolute atomic E-state index is 0.217. The van der Waals surface area contributed by atoms with Gasteiger partial charge >= 0.3 is 5.97 Å². The highest BCUT2D eigenvalue weighted by atomic mass is 32.1. The van der Waals surface area contributed by atoms with Gasteiger partial charge in [-0.1, -0.05) is 25.3 Å². The van der Waals surface area contributed by atoms with Crippen molar-refractivity contribution in [3.8, 4) is 10.6 Å². The van der Waals surface area contributed by atoms with Crippen molar-refractivity contribution in [3.63, 3.8) is 0 Å². The molecule has 116 valence electrons. The lowest BCUT2D eigenvalue weighted by atomic mass is 9.81.